The summed E-state index contributed by atoms with van der Waals surface area (Å²) >= 11 is 0. The first-order valence-corrected chi connectivity index (χ1v) is 10.9. The standard InChI is InChI=1S/C26H30N4O/c1-18-8-9-24(19(2)12-18)25-7-5-4-6-22(25)13-23-17-30(11-10-27-26(23)31)16-21-14-28-20(3)29-15-21/h4-9,12,14-15,23H,10-11,13,16-17H2,1-3H3,(H,27,31)/t23-/m0/s1. The van der Waals surface area contributed by atoms with E-state index in [0.717, 1.165) is 37.4 Å². The molecule has 1 atom stereocenters. The molecule has 0 radical (unpaired) electrons. The summed E-state index contributed by atoms with van der Waals surface area (Å²) in [7, 11) is 0. The van der Waals surface area contributed by atoms with Crippen molar-refractivity contribution >= 4 is 5.91 Å². The van der Waals surface area contributed by atoms with Crippen LogP contribution in [0.4, 0.5) is 0 Å². The van der Waals surface area contributed by atoms with Gasteiger partial charge in [0.25, 0.3) is 0 Å². The fourth-order valence-corrected chi connectivity index (χ4v) is 4.37. The van der Waals surface area contributed by atoms with Gasteiger partial charge in [-0.05, 0) is 49.4 Å². The molecule has 0 spiro atoms. The molecule has 1 aliphatic rings. The Labute approximate surface area is 184 Å². The fourth-order valence-electron chi connectivity index (χ4n) is 4.37. The minimum Gasteiger partial charge on any atom is -0.355 e. The van der Waals surface area contributed by atoms with Crippen LogP contribution < -0.4 is 5.32 Å². The van der Waals surface area contributed by atoms with Crippen LogP contribution in [-0.2, 0) is 17.8 Å². The van der Waals surface area contributed by atoms with Crippen LogP contribution in [0.3, 0.4) is 0 Å². The number of rotatable bonds is 5. The third kappa shape index (κ3) is 5.17. The highest BCUT2D eigenvalue weighted by molar-refractivity contribution is 5.80. The molecule has 1 aromatic heterocycles. The predicted octanol–water partition coefficient (Wildman–Crippen LogP) is 3.86. The van der Waals surface area contributed by atoms with Gasteiger partial charge < -0.3 is 5.32 Å². The minimum absolute atomic E-state index is 0.0965. The summed E-state index contributed by atoms with van der Waals surface area (Å²) in [4.78, 5) is 23.8. The number of hydrogen-bond acceptors (Lipinski definition) is 4. The van der Waals surface area contributed by atoms with Crippen LogP contribution in [0, 0.1) is 26.7 Å². The van der Waals surface area contributed by atoms with Crippen molar-refractivity contribution in [1.82, 2.24) is 20.2 Å². The Hall–Kier alpha value is -3.05. The van der Waals surface area contributed by atoms with E-state index >= 15 is 0 Å². The van der Waals surface area contributed by atoms with Gasteiger partial charge in [-0.1, -0.05) is 48.0 Å². The summed E-state index contributed by atoms with van der Waals surface area (Å²) < 4.78 is 0. The molecule has 0 saturated carbocycles. The lowest BCUT2D eigenvalue weighted by Crippen LogP contribution is -2.33. The summed E-state index contributed by atoms with van der Waals surface area (Å²) in [6.07, 6.45) is 4.48. The predicted molar refractivity (Wildman–Crippen MR) is 124 cm³/mol. The molecule has 0 unspecified atom stereocenters. The molecular weight excluding hydrogens is 384 g/mol. The monoisotopic (exact) mass is 414 g/mol. The topological polar surface area (TPSA) is 58.1 Å². The van der Waals surface area contributed by atoms with Gasteiger partial charge in [0.1, 0.15) is 5.82 Å². The second-order valence-corrected chi connectivity index (χ2v) is 8.54. The van der Waals surface area contributed by atoms with Gasteiger partial charge in [0.05, 0.1) is 5.92 Å². The SMILES string of the molecule is Cc1ccc(-c2ccccc2C[C@H]2CN(Cc3cnc(C)nc3)CCNC2=O)c(C)c1. The van der Waals surface area contributed by atoms with Gasteiger partial charge in [0.15, 0.2) is 0 Å². The molecule has 160 valence electrons. The molecule has 0 bridgehead atoms. The Bertz CT molecular complexity index is 1060. The molecule has 2 aromatic carbocycles. The number of carbonyl (C=O) groups excluding carboxylic acids is 1. The molecule has 2 heterocycles. The van der Waals surface area contributed by atoms with E-state index in [0.29, 0.717) is 6.54 Å². The molecule has 5 nitrogen and oxygen atoms in total. The highest BCUT2D eigenvalue weighted by Gasteiger charge is 2.26. The second-order valence-electron chi connectivity index (χ2n) is 8.54. The highest BCUT2D eigenvalue weighted by atomic mass is 16.1. The molecule has 1 amide bonds. The normalized spacial score (nSPS) is 17.3. The van der Waals surface area contributed by atoms with Crippen molar-refractivity contribution in [2.45, 2.75) is 33.7 Å². The van der Waals surface area contributed by atoms with Gasteiger partial charge in [-0.15, -0.1) is 0 Å². The summed E-state index contributed by atoms with van der Waals surface area (Å²) in [5.41, 5.74) is 7.28. The van der Waals surface area contributed by atoms with E-state index in [-0.39, 0.29) is 11.8 Å². The lowest BCUT2D eigenvalue weighted by molar-refractivity contribution is -0.124. The first-order chi connectivity index (χ1) is 15.0. The Morgan fingerprint density at radius 2 is 1.81 bits per heavy atom. The van der Waals surface area contributed by atoms with Crippen molar-refractivity contribution in [2.75, 3.05) is 19.6 Å². The Balaban J connectivity index is 1.56. The number of amides is 1. The van der Waals surface area contributed by atoms with E-state index in [2.05, 4.69) is 76.5 Å². The molecule has 1 aliphatic heterocycles. The largest absolute Gasteiger partial charge is 0.355 e. The maximum Gasteiger partial charge on any atom is 0.224 e. The van der Waals surface area contributed by atoms with Crippen LogP contribution in [0.15, 0.2) is 54.9 Å². The van der Waals surface area contributed by atoms with Crippen LogP contribution in [0.5, 0.6) is 0 Å². The summed E-state index contributed by atoms with van der Waals surface area (Å²) in [6, 6.07) is 15.0. The van der Waals surface area contributed by atoms with Crippen molar-refractivity contribution in [3.63, 3.8) is 0 Å². The number of aromatic nitrogens is 2. The van der Waals surface area contributed by atoms with Crippen LogP contribution in [-0.4, -0.2) is 40.4 Å². The average Bonchev–Trinajstić information content (AvgIpc) is 2.91. The van der Waals surface area contributed by atoms with Crippen LogP contribution in [0.1, 0.15) is 28.1 Å². The molecule has 31 heavy (non-hydrogen) atoms. The van der Waals surface area contributed by atoms with Gasteiger partial charge in [0, 0.05) is 44.1 Å². The number of nitrogens with zero attached hydrogens (tertiary/aromatic N) is 3. The van der Waals surface area contributed by atoms with E-state index in [1.54, 1.807) is 0 Å². The number of aryl methyl sites for hydroxylation is 3. The van der Waals surface area contributed by atoms with Gasteiger partial charge >= 0.3 is 0 Å². The molecule has 3 aromatic rings. The van der Waals surface area contributed by atoms with Crippen molar-refractivity contribution in [1.29, 1.82) is 0 Å². The van der Waals surface area contributed by atoms with Crippen LogP contribution in [0.25, 0.3) is 11.1 Å². The Morgan fingerprint density at radius 3 is 2.58 bits per heavy atom. The van der Waals surface area contributed by atoms with Gasteiger partial charge in [0.2, 0.25) is 5.91 Å². The quantitative estimate of drug-likeness (QED) is 0.689. The van der Waals surface area contributed by atoms with Crippen molar-refractivity contribution in [3.8, 4) is 11.1 Å². The summed E-state index contributed by atoms with van der Waals surface area (Å²) in [5, 5.41) is 3.11. The molecule has 1 saturated heterocycles. The first-order valence-electron chi connectivity index (χ1n) is 10.9. The van der Waals surface area contributed by atoms with Crippen molar-refractivity contribution in [3.05, 3.63) is 82.9 Å². The van der Waals surface area contributed by atoms with E-state index in [1.165, 1.54) is 27.8 Å². The van der Waals surface area contributed by atoms with E-state index in [4.69, 9.17) is 0 Å². The molecule has 1 N–H and O–H groups in total. The van der Waals surface area contributed by atoms with E-state index in [9.17, 15) is 4.79 Å². The second kappa shape index (κ2) is 9.40. The molecule has 5 heteroatoms. The maximum atomic E-state index is 12.9. The third-order valence-electron chi connectivity index (χ3n) is 5.97. The zero-order valence-electron chi connectivity index (χ0n) is 18.6. The summed E-state index contributed by atoms with van der Waals surface area (Å²) in [5.74, 6) is 0.816. The van der Waals surface area contributed by atoms with Gasteiger partial charge in [-0.2, -0.15) is 0 Å². The maximum absolute atomic E-state index is 12.9. The van der Waals surface area contributed by atoms with Crippen molar-refractivity contribution < 1.29 is 4.79 Å². The fraction of sp³-hybridized carbons (Fsp3) is 0.346. The lowest BCUT2D eigenvalue weighted by Gasteiger charge is -2.23. The lowest BCUT2D eigenvalue weighted by atomic mass is 9.89. The van der Waals surface area contributed by atoms with Crippen molar-refractivity contribution in [2.24, 2.45) is 5.92 Å². The van der Waals surface area contributed by atoms with E-state index in [1.807, 2.05) is 19.3 Å². The Kier molecular flexibility index (Phi) is 6.42. The molecule has 4 rings (SSSR count). The number of carbonyl (C=O) groups is 1. The van der Waals surface area contributed by atoms with E-state index < -0.39 is 0 Å². The average molecular weight is 415 g/mol. The smallest absolute Gasteiger partial charge is 0.224 e. The molecule has 0 aliphatic carbocycles. The van der Waals surface area contributed by atoms with Gasteiger partial charge in [-0.25, -0.2) is 9.97 Å². The zero-order chi connectivity index (χ0) is 21.8. The number of nitrogens with one attached hydrogen (secondary N) is 1. The van der Waals surface area contributed by atoms with Crippen LogP contribution in [0.2, 0.25) is 0 Å². The van der Waals surface area contributed by atoms with Crippen LogP contribution >= 0.6 is 0 Å². The summed E-state index contributed by atoms with van der Waals surface area (Å²) in [6.45, 7) is 9.14. The van der Waals surface area contributed by atoms with Gasteiger partial charge in [-0.3, -0.25) is 9.69 Å². The highest BCUT2D eigenvalue weighted by Crippen LogP contribution is 2.29. The molecule has 1 fully saturated rings. The first kappa shape index (κ1) is 21.2. The number of hydrogen-bond donors (Lipinski definition) is 1. The minimum atomic E-state index is -0.0965. The third-order valence-corrected chi connectivity index (χ3v) is 5.97. The Morgan fingerprint density at radius 1 is 1.03 bits per heavy atom. The number of benzene rings is 2. The molecular formula is C26H30N4O. The zero-order valence-corrected chi connectivity index (χ0v) is 18.6.